The van der Waals surface area contributed by atoms with Crippen LogP contribution in [0.25, 0.3) is 0 Å². The lowest BCUT2D eigenvalue weighted by Crippen LogP contribution is -2.37. The van der Waals surface area contributed by atoms with Gasteiger partial charge in [-0.15, -0.1) is 0 Å². The molecule has 22 heavy (non-hydrogen) atoms. The fraction of sp³-hybridized carbons (Fsp3) is 0.647. The van der Waals surface area contributed by atoms with Crippen molar-refractivity contribution in [3.63, 3.8) is 0 Å². The molecule has 0 saturated carbocycles. The Morgan fingerprint density at radius 3 is 2.36 bits per heavy atom. The van der Waals surface area contributed by atoms with Crippen LogP contribution in [0.1, 0.15) is 19.4 Å². The highest BCUT2D eigenvalue weighted by Crippen LogP contribution is 2.13. The molecule has 1 aromatic carbocycles. The summed E-state index contributed by atoms with van der Waals surface area (Å²) in [5.74, 6) is 0.845. The number of methoxy groups -OCH3 is 2. The maximum Gasteiger partial charge on any atom is 0.118 e. The molecule has 1 aromatic rings. The van der Waals surface area contributed by atoms with Crippen molar-refractivity contribution in [1.82, 2.24) is 4.90 Å². The van der Waals surface area contributed by atoms with Crippen molar-refractivity contribution in [3.8, 4) is 5.75 Å². The Labute approximate surface area is 133 Å². The number of aliphatic hydroxyl groups excluding tert-OH is 1. The Morgan fingerprint density at radius 2 is 1.82 bits per heavy atom. The monoisotopic (exact) mass is 311 g/mol. The molecule has 1 N–H and O–H groups in total. The molecule has 5 nitrogen and oxygen atoms in total. The van der Waals surface area contributed by atoms with E-state index in [1.54, 1.807) is 14.2 Å². The molecule has 126 valence electrons. The van der Waals surface area contributed by atoms with Crippen LogP contribution in [0.4, 0.5) is 0 Å². The number of nitrogens with zero attached hydrogens (tertiary/aromatic N) is 1. The van der Waals surface area contributed by atoms with E-state index in [-0.39, 0.29) is 6.10 Å². The van der Waals surface area contributed by atoms with Gasteiger partial charge in [-0.05, 0) is 31.5 Å². The summed E-state index contributed by atoms with van der Waals surface area (Å²) in [4.78, 5) is 2.17. The molecule has 0 bridgehead atoms. The molecule has 0 heterocycles. The van der Waals surface area contributed by atoms with Crippen molar-refractivity contribution >= 4 is 0 Å². The fourth-order valence-electron chi connectivity index (χ4n) is 2.10. The number of hydrogen-bond donors (Lipinski definition) is 1. The molecule has 0 radical (unpaired) electrons. The van der Waals surface area contributed by atoms with Crippen LogP contribution < -0.4 is 4.74 Å². The Morgan fingerprint density at radius 1 is 1.14 bits per heavy atom. The summed E-state index contributed by atoms with van der Waals surface area (Å²) in [6, 6.07) is 7.97. The van der Waals surface area contributed by atoms with E-state index >= 15 is 0 Å². The summed E-state index contributed by atoms with van der Waals surface area (Å²) < 4.78 is 15.8. The van der Waals surface area contributed by atoms with Gasteiger partial charge in [0.1, 0.15) is 5.75 Å². The lowest BCUT2D eigenvalue weighted by molar-refractivity contribution is -0.0121. The van der Waals surface area contributed by atoms with Crippen LogP contribution in [-0.2, 0) is 16.0 Å². The van der Waals surface area contributed by atoms with Crippen molar-refractivity contribution in [2.45, 2.75) is 32.6 Å². The van der Waals surface area contributed by atoms with Crippen molar-refractivity contribution in [3.05, 3.63) is 29.8 Å². The smallest absolute Gasteiger partial charge is 0.118 e. The van der Waals surface area contributed by atoms with E-state index in [0.717, 1.165) is 18.8 Å². The summed E-state index contributed by atoms with van der Waals surface area (Å²) >= 11 is 0. The highest BCUT2D eigenvalue weighted by atomic mass is 16.5. The molecule has 1 atom stereocenters. The van der Waals surface area contributed by atoms with Gasteiger partial charge in [0.2, 0.25) is 0 Å². The third-order valence-electron chi connectivity index (χ3n) is 3.27. The lowest BCUT2D eigenvalue weighted by Gasteiger charge is -2.25. The van der Waals surface area contributed by atoms with Gasteiger partial charge in [0.15, 0.2) is 0 Å². The summed E-state index contributed by atoms with van der Waals surface area (Å²) in [5.41, 5.74) is 1.17. The Hall–Kier alpha value is -1.14. The molecule has 1 rings (SSSR count). The van der Waals surface area contributed by atoms with Crippen molar-refractivity contribution in [2.75, 3.05) is 40.5 Å². The zero-order valence-corrected chi connectivity index (χ0v) is 14.1. The average molecular weight is 311 g/mol. The van der Waals surface area contributed by atoms with Crippen LogP contribution in [0.5, 0.6) is 5.75 Å². The molecule has 0 spiro atoms. The minimum absolute atomic E-state index is 0.128. The topological polar surface area (TPSA) is 51.2 Å². The number of aliphatic hydroxyl groups is 1. The first-order chi connectivity index (χ1) is 10.5. The molecule has 1 unspecified atom stereocenters. The standard InChI is InChI=1S/C17H29NO4/c1-14(2)22-13-16(19)12-18(9-10-20-3)11-15-5-7-17(21-4)8-6-15/h5-8,14,16,19H,9-13H2,1-4H3. The summed E-state index contributed by atoms with van der Waals surface area (Å²) in [5, 5.41) is 10.1. The predicted octanol–water partition coefficient (Wildman–Crippen LogP) is 1.93. The third kappa shape index (κ3) is 7.75. The second-order valence-electron chi connectivity index (χ2n) is 5.61. The maximum absolute atomic E-state index is 10.1. The van der Waals surface area contributed by atoms with Gasteiger partial charge < -0.3 is 19.3 Å². The predicted molar refractivity (Wildman–Crippen MR) is 87.2 cm³/mol. The average Bonchev–Trinajstić information content (AvgIpc) is 2.51. The van der Waals surface area contributed by atoms with Crippen LogP contribution in [0.3, 0.4) is 0 Å². The van der Waals surface area contributed by atoms with Crippen molar-refractivity contribution in [2.24, 2.45) is 0 Å². The highest BCUT2D eigenvalue weighted by molar-refractivity contribution is 5.27. The molecule has 0 saturated heterocycles. The van der Waals surface area contributed by atoms with Crippen LogP contribution in [0.2, 0.25) is 0 Å². The van der Waals surface area contributed by atoms with Crippen LogP contribution in [0.15, 0.2) is 24.3 Å². The molecular weight excluding hydrogens is 282 g/mol. The molecule has 5 heteroatoms. The molecule has 0 aromatic heterocycles. The Kier molecular flexibility index (Phi) is 9.08. The van der Waals surface area contributed by atoms with Gasteiger partial charge in [-0.2, -0.15) is 0 Å². The van der Waals surface area contributed by atoms with E-state index < -0.39 is 6.10 Å². The van der Waals surface area contributed by atoms with Gasteiger partial charge >= 0.3 is 0 Å². The normalized spacial score (nSPS) is 12.9. The quantitative estimate of drug-likeness (QED) is 0.677. The van der Waals surface area contributed by atoms with Gasteiger partial charge in [0.25, 0.3) is 0 Å². The first kappa shape index (κ1) is 18.9. The molecule has 0 fully saturated rings. The second kappa shape index (κ2) is 10.6. The Balaban J connectivity index is 2.54. The third-order valence-corrected chi connectivity index (χ3v) is 3.27. The SMILES string of the molecule is COCCN(Cc1ccc(OC)cc1)CC(O)COC(C)C. The van der Waals surface area contributed by atoms with E-state index in [1.807, 2.05) is 38.1 Å². The first-order valence-electron chi connectivity index (χ1n) is 7.69. The van der Waals surface area contributed by atoms with Crippen molar-refractivity contribution in [1.29, 1.82) is 0 Å². The lowest BCUT2D eigenvalue weighted by atomic mass is 10.2. The molecule has 0 aliphatic carbocycles. The van der Waals surface area contributed by atoms with Crippen LogP contribution in [0, 0.1) is 0 Å². The molecule has 0 aliphatic rings. The van der Waals surface area contributed by atoms with E-state index in [1.165, 1.54) is 5.56 Å². The van der Waals surface area contributed by atoms with Gasteiger partial charge in [-0.25, -0.2) is 0 Å². The minimum atomic E-state index is -0.502. The Bertz CT molecular complexity index is 394. The molecule has 0 aliphatic heterocycles. The number of ether oxygens (including phenoxy) is 3. The van der Waals surface area contributed by atoms with E-state index in [9.17, 15) is 5.11 Å². The summed E-state index contributed by atoms with van der Waals surface area (Å²) in [6.07, 6.45) is -0.374. The largest absolute Gasteiger partial charge is 0.497 e. The van der Waals surface area contributed by atoms with E-state index in [0.29, 0.717) is 19.8 Å². The zero-order chi connectivity index (χ0) is 16.4. The summed E-state index contributed by atoms with van der Waals surface area (Å²) in [6.45, 7) is 6.99. The van der Waals surface area contributed by atoms with Gasteiger partial charge in [-0.1, -0.05) is 12.1 Å². The minimum Gasteiger partial charge on any atom is -0.497 e. The molecular formula is C17H29NO4. The maximum atomic E-state index is 10.1. The number of rotatable bonds is 11. The zero-order valence-electron chi connectivity index (χ0n) is 14.1. The highest BCUT2D eigenvalue weighted by Gasteiger charge is 2.13. The van der Waals surface area contributed by atoms with E-state index in [2.05, 4.69) is 4.90 Å². The van der Waals surface area contributed by atoms with Crippen LogP contribution in [-0.4, -0.2) is 62.7 Å². The number of hydrogen-bond acceptors (Lipinski definition) is 5. The second-order valence-corrected chi connectivity index (χ2v) is 5.61. The van der Waals surface area contributed by atoms with E-state index in [4.69, 9.17) is 14.2 Å². The van der Waals surface area contributed by atoms with Gasteiger partial charge in [0.05, 0.1) is 32.5 Å². The number of benzene rings is 1. The molecule has 0 amide bonds. The van der Waals surface area contributed by atoms with Crippen LogP contribution >= 0.6 is 0 Å². The van der Waals surface area contributed by atoms with Gasteiger partial charge in [-0.3, -0.25) is 4.90 Å². The fourth-order valence-corrected chi connectivity index (χ4v) is 2.10. The van der Waals surface area contributed by atoms with Crippen molar-refractivity contribution < 1.29 is 19.3 Å². The summed E-state index contributed by atoms with van der Waals surface area (Å²) in [7, 11) is 3.34. The van der Waals surface area contributed by atoms with Gasteiger partial charge in [0, 0.05) is 26.7 Å². The first-order valence-corrected chi connectivity index (χ1v) is 7.69.